The Bertz CT molecular complexity index is 996. The van der Waals surface area contributed by atoms with Crippen molar-refractivity contribution >= 4 is 39.6 Å². The van der Waals surface area contributed by atoms with E-state index >= 15 is 0 Å². The molecule has 0 fully saturated rings. The topological polar surface area (TPSA) is 109 Å². The van der Waals surface area contributed by atoms with Gasteiger partial charge in [-0.2, -0.15) is 30.8 Å². The average molecular weight is 373 g/mol. The fourth-order valence-corrected chi connectivity index (χ4v) is 2.41. The molecule has 0 aliphatic heterocycles. The van der Waals surface area contributed by atoms with Crippen molar-refractivity contribution in [3.63, 3.8) is 0 Å². The maximum atomic E-state index is 11.9. The van der Waals surface area contributed by atoms with Crippen LogP contribution < -0.4 is 0 Å². The summed E-state index contributed by atoms with van der Waals surface area (Å²) in [5, 5.41) is 20.9. The zero-order chi connectivity index (χ0) is 18.5. The molecule has 2 heterocycles. The van der Waals surface area contributed by atoms with Crippen molar-refractivity contribution in [3.8, 4) is 0 Å². The van der Waals surface area contributed by atoms with Crippen LogP contribution in [0.4, 0.5) is 0 Å². The molecule has 0 amide bonds. The van der Waals surface area contributed by atoms with Gasteiger partial charge in [0.1, 0.15) is 27.6 Å². The molecule has 2 N–H and O–H groups in total. The van der Waals surface area contributed by atoms with Crippen LogP contribution in [0.5, 0.6) is 0 Å². The van der Waals surface area contributed by atoms with E-state index in [1.54, 1.807) is 12.1 Å². The molecule has 0 saturated carbocycles. The molecule has 134 valence electrons. The molecule has 26 heavy (non-hydrogen) atoms. The van der Waals surface area contributed by atoms with Gasteiger partial charge in [-0.1, -0.05) is 37.6 Å². The molecule has 0 aliphatic carbocycles. The number of nitrogens with zero attached hydrogens (tertiary/aromatic N) is 4. The predicted octanol–water partition coefficient (Wildman–Crippen LogP) is 3.38. The van der Waals surface area contributed by atoms with Gasteiger partial charge in [0, 0.05) is 0 Å². The van der Waals surface area contributed by atoms with E-state index in [-0.39, 0.29) is 11.5 Å². The van der Waals surface area contributed by atoms with Crippen LogP contribution in [0.25, 0.3) is 22.1 Å². The SMILES string of the molecule is CC(C)COC(=O)c1c(Cl)ccc2n[nH]nc12.c1ccc2n[nH]nc2c1. The second-order valence-electron chi connectivity index (χ2n) is 5.92. The molecule has 0 atom stereocenters. The number of fused-ring (bicyclic) bond motifs is 2. The standard InChI is InChI=1S/C11H12ClN3O2.C6H5N3/c1-6(2)5-17-11(16)9-7(12)3-4-8-10(9)14-15-13-8;1-2-4-6-5(3-1)7-9-8-6/h3-4,6H,5H2,1-2H3,(H,13,14,15);1-4H,(H,7,8,9). The van der Waals surface area contributed by atoms with E-state index in [1.807, 2.05) is 38.1 Å². The number of ether oxygens (including phenoxy) is 1. The van der Waals surface area contributed by atoms with Crippen molar-refractivity contribution < 1.29 is 9.53 Å². The van der Waals surface area contributed by atoms with Crippen LogP contribution in [0.1, 0.15) is 24.2 Å². The quantitative estimate of drug-likeness (QED) is 0.533. The molecule has 2 aromatic heterocycles. The number of aromatic nitrogens is 6. The van der Waals surface area contributed by atoms with Crippen molar-refractivity contribution in [1.29, 1.82) is 0 Å². The molecule has 0 spiro atoms. The summed E-state index contributed by atoms with van der Waals surface area (Å²) in [6, 6.07) is 11.0. The maximum Gasteiger partial charge on any atom is 0.342 e. The van der Waals surface area contributed by atoms with E-state index in [4.69, 9.17) is 16.3 Å². The van der Waals surface area contributed by atoms with Crippen LogP contribution in [0.2, 0.25) is 5.02 Å². The number of hydrogen-bond acceptors (Lipinski definition) is 6. The minimum atomic E-state index is -0.469. The van der Waals surface area contributed by atoms with Crippen molar-refractivity contribution in [3.05, 3.63) is 47.0 Å². The molecule has 0 radical (unpaired) electrons. The molecular weight excluding hydrogens is 356 g/mol. The van der Waals surface area contributed by atoms with Gasteiger partial charge in [0.15, 0.2) is 0 Å². The van der Waals surface area contributed by atoms with E-state index in [0.717, 1.165) is 11.0 Å². The Hall–Kier alpha value is -3.00. The lowest BCUT2D eigenvalue weighted by atomic mass is 10.2. The van der Waals surface area contributed by atoms with E-state index in [2.05, 4.69) is 30.8 Å². The number of aromatic amines is 2. The summed E-state index contributed by atoms with van der Waals surface area (Å²) in [6.07, 6.45) is 0. The third kappa shape index (κ3) is 3.97. The molecule has 8 nitrogen and oxygen atoms in total. The molecule has 2 aromatic carbocycles. The van der Waals surface area contributed by atoms with Crippen LogP contribution >= 0.6 is 11.6 Å². The molecule has 0 bridgehead atoms. The Balaban J connectivity index is 0.000000181. The molecule has 9 heteroatoms. The molecule has 0 saturated heterocycles. The van der Waals surface area contributed by atoms with Crippen LogP contribution in [0.3, 0.4) is 0 Å². The van der Waals surface area contributed by atoms with Crippen LogP contribution in [-0.2, 0) is 4.74 Å². The van der Waals surface area contributed by atoms with Crippen LogP contribution in [0, 0.1) is 5.92 Å². The zero-order valence-corrected chi connectivity index (χ0v) is 15.0. The Kier molecular flexibility index (Phi) is 5.43. The van der Waals surface area contributed by atoms with Crippen LogP contribution in [0.15, 0.2) is 36.4 Å². The number of para-hydroxylation sites is 2. The normalized spacial score (nSPS) is 10.8. The highest BCUT2D eigenvalue weighted by Gasteiger charge is 2.18. The molecular formula is C17H17ClN6O2. The number of carbonyl (C=O) groups is 1. The number of rotatable bonds is 3. The van der Waals surface area contributed by atoms with E-state index in [1.165, 1.54) is 0 Å². The maximum absolute atomic E-state index is 11.9. The number of carbonyl (C=O) groups excluding carboxylic acids is 1. The van der Waals surface area contributed by atoms with Crippen molar-refractivity contribution in [1.82, 2.24) is 30.8 Å². The Morgan fingerprint density at radius 3 is 2.27 bits per heavy atom. The number of esters is 1. The van der Waals surface area contributed by atoms with Crippen molar-refractivity contribution in [2.75, 3.05) is 6.61 Å². The Labute approximate surface area is 153 Å². The fraction of sp³-hybridized carbons (Fsp3) is 0.235. The highest BCUT2D eigenvalue weighted by molar-refractivity contribution is 6.35. The lowest BCUT2D eigenvalue weighted by Crippen LogP contribution is -2.11. The first-order chi connectivity index (χ1) is 12.6. The fourth-order valence-electron chi connectivity index (χ4n) is 2.18. The highest BCUT2D eigenvalue weighted by atomic mass is 35.5. The lowest BCUT2D eigenvalue weighted by molar-refractivity contribution is 0.0461. The third-order valence-corrected chi connectivity index (χ3v) is 3.73. The molecule has 4 aromatic rings. The number of hydrogen-bond donors (Lipinski definition) is 2. The summed E-state index contributed by atoms with van der Waals surface area (Å²) in [4.78, 5) is 11.9. The number of H-pyrrole nitrogens is 2. The summed E-state index contributed by atoms with van der Waals surface area (Å²) < 4.78 is 5.14. The molecule has 0 aliphatic rings. The van der Waals surface area contributed by atoms with Gasteiger partial charge in [-0.05, 0) is 30.2 Å². The van der Waals surface area contributed by atoms with Gasteiger partial charge >= 0.3 is 5.97 Å². The monoisotopic (exact) mass is 372 g/mol. The average Bonchev–Trinajstić information content (AvgIpc) is 3.29. The summed E-state index contributed by atoms with van der Waals surface area (Å²) in [5.41, 5.74) is 3.12. The van der Waals surface area contributed by atoms with Crippen molar-refractivity contribution in [2.24, 2.45) is 5.92 Å². The summed E-state index contributed by atoms with van der Waals surface area (Å²) >= 11 is 5.99. The van der Waals surface area contributed by atoms with Gasteiger partial charge < -0.3 is 4.74 Å². The van der Waals surface area contributed by atoms with E-state index in [9.17, 15) is 4.79 Å². The first-order valence-corrected chi connectivity index (χ1v) is 8.35. The minimum absolute atomic E-state index is 0.263. The van der Waals surface area contributed by atoms with Gasteiger partial charge in [-0.25, -0.2) is 4.79 Å². The second kappa shape index (κ2) is 7.92. The second-order valence-corrected chi connectivity index (χ2v) is 6.33. The Morgan fingerprint density at radius 1 is 1.00 bits per heavy atom. The summed E-state index contributed by atoms with van der Waals surface area (Å²) in [5.74, 6) is -0.197. The van der Waals surface area contributed by atoms with Gasteiger partial charge in [0.25, 0.3) is 0 Å². The lowest BCUT2D eigenvalue weighted by Gasteiger charge is -2.08. The summed E-state index contributed by atoms with van der Waals surface area (Å²) in [6.45, 7) is 4.28. The summed E-state index contributed by atoms with van der Waals surface area (Å²) in [7, 11) is 0. The van der Waals surface area contributed by atoms with Crippen molar-refractivity contribution in [2.45, 2.75) is 13.8 Å². The predicted molar refractivity (Wildman–Crippen MR) is 97.9 cm³/mol. The van der Waals surface area contributed by atoms with E-state index < -0.39 is 5.97 Å². The van der Waals surface area contributed by atoms with Gasteiger partial charge in [0.2, 0.25) is 0 Å². The largest absolute Gasteiger partial charge is 0.462 e. The highest BCUT2D eigenvalue weighted by Crippen LogP contribution is 2.24. The van der Waals surface area contributed by atoms with Gasteiger partial charge in [0.05, 0.1) is 11.6 Å². The van der Waals surface area contributed by atoms with E-state index in [0.29, 0.717) is 22.7 Å². The molecule has 4 rings (SSSR count). The number of benzene rings is 2. The Morgan fingerprint density at radius 2 is 1.62 bits per heavy atom. The first kappa shape index (κ1) is 17.8. The first-order valence-electron chi connectivity index (χ1n) is 7.98. The minimum Gasteiger partial charge on any atom is -0.462 e. The van der Waals surface area contributed by atoms with Gasteiger partial charge in [-0.3, -0.25) is 0 Å². The van der Waals surface area contributed by atoms with Crippen LogP contribution in [-0.4, -0.2) is 43.4 Å². The zero-order valence-electron chi connectivity index (χ0n) is 14.2. The molecule has 0 unspecified atom stereocenters. The number of halogens is 1. The third-order valence-electron chi connectivity index (χ3n) is 3.41. The van der Waals surface area contributed by atoms with Gasteiger partial charge in [-0.15, -0.1) is 0 Å². The number of nitrogens with one attached hydrogen (secondary N) is 2. The smallest absolute Gasteiger partial charge is 0.342 e.